The smallest absolute Gasteiger partial charge is 0.243 e. The second kappa shape index (κ2) is 10.2. The average Bonchev–Trinajstić information content (AvgIpc) is 2.74. The van der Waals surface area contributed by atoms with Crippen LogP contribution >= 0.6 is 15.9 Å². The van der Waals surface area contributed by atoms with Crippen molar-refractivity contribution in [1.29, 1.82) is 0 Å². The van der Waals surface area contributed by atoms with Crippen LogP contribution in [-0.2, 0) is 21.4 Å². The van der Waals surface area contributed by atoms with Crippen LogP contribution < -0.4 is 5.32 Å². The van der Waals surface area contributed by atoms with E-state index < -0.39 is 10.0 Å². The Morgan fingerprint density at radius 2 is 1.68 bits per heavy atom. The Kier molecular flexibility index (Phi) is 7.64. The van der Waals surface area contributed by atoms with Crippen LogP contribution in [0.15, 0.2) is 88.2 Å². The summed E-state index contributed by atoms with van der Waals surface area (Å²) >= 11 is 3.43. The lowest BCUT2D eigenvalue weighted by Gasteiger charge is -2.23. The van der Waals surface area contributed by atoms with E-state index in [-0.39, 0.29) is 29.9 Å². The predicted octanol–water partition coefficient (Wildman–Crippen LogP) is 4.83. The molecule has 0 saturated heterocycles. The topological polar surface area (TPSA) is 66.5 Å². The number of carbonyl (C=O) groups excluding carboxylic acids is 1. The van der Waals surface area contributed by atoms with E-state index in [4.69, 9.17) is 0 Å². The summed E-state index contributed by atoms with van der Waals surface area (Å²) in [6, 6.07) is 23.3. The zero-order chi connectivity index (χ0) is 22.4. The highest BCUT2D eigenvalue weighted by molar-refractivity contribution is 9.10. The lowest BCUT2D eigenvalue weighted by Crippen LogP contribution is -2.41. The SMILES string of the molecule is Cc1ccc(S(=O)(=O)N(CC(=O)N[C@@H](C)c2cccc(Br)c2)Cc2ccccc2)cc1. The van der Waals surface area contributed by atoms with Crippen LogP contribution in [0.4, 0.5) is 0 Å². The zero-order valence-electron chi connectivity index (χ0n) is 17.5. The number of halogens is 1. The fourth-order valence-electron chi connectivity index (χ4n) is 3.18. The van der Waals surface area contributed by atoms with Gasteiger partial charge in [0.2, 0.25) is 15.9 Å². The van der Waals surface area contributed by atoms with Crippen LogP contribution in [0.1, 0.15) is 29.7 Å². The molecule has 1 amide bonds. The van der Waals surface area contributed by atoms with Gasteiger partial charge in [-0.15, -0.1) is 0 Å². The Labute approximate surface area is 192 Å². The summed E-state index contributed by atoms with van der Waals surface area (Å²) in [5.74, 6) is -0.362. The summed E-state index contributed by atoms with van der Waals surface area (Å²) in [5.41, 5.74) is 2.71. The lowest BCUT2D eigenvalue weighted by molar-refractivity contribution is -0.122. The number of nitrogens with one attached hydrogen (secondary N) is 1. The first-order valence-electron chi connectivity index (χ1n) is 9.91. The third-order valence-electron chi connectivity index (χ3n) is 4.91. The van der Waals surface area contributed by atoms with Crippen molar-refractivity contribution in [3.63, 3.8) is 0 Å². The third kappa shape index (κ3) is 6.26. The van der Waals surface area contributed by atoms with Gasteiger partial charge in [0.05, 0.1) is 17.5 Å². The van der Waals surface area contributed by atoms with Crippen molar-refractivity contribution < 1.29 is 13.2 Å². The van der Waals surface area contributed by atoms with E-state index in [0.29, 0.717) is 0 Å². The number of amides is 1. The summed E-state index contributed by atoms with van der Waals surface area (Å²) in [6.07, 6.45) is 0. The molecule has 1 atom stereocenters. The number of hydrogen-bond donors (Lipinski definition) is 1. The first-order chi connectivity index (χ1) is 14.8. The molecule has 3 aromatic rings. The minimum atomic E-state index is -3.85. The van der Waals surface area contributed by atoms with Crippen LogP contribution in [-0.4, -0.2) is 25.2 Å². The van der Waals surface area contributed by atoms with Crippen LogP contribution in [0.3, 0.4) is 0 Å². The molecule has 0 spiro atoms. The number of carbonyl (C=O) groups is 1. The molecule has 0 radical (unpaired) electrons. The minimum Gasteiger partial charge on any atom is -0.348 e. The molecule has 0 saturated carbocycles. The van der Waals surface area contributed by atoms with Crippen LogP contribution in [0.25, 0.3) is 0 Å². The number of nitrogens with zero attached hydrogens (tertiary/aromatic N) is 1. The standard InChI is InChI=1S/C24H25BrN2O3S/c1-18-11-13-23(14-12-18)31(29,30)27(16-20-7-4-3-5-8-20)17-24(28)26-19(2)21-9-6-10-22(25)15-21/h3-15,19H,16-17H2,1-2H3,(H,26,28)/t19-/m0/s1. The second-order valence-electron chi connectivity index (χ2n) is 7.42. The van der Waals surface area contributed by atoms with Gasteiger partial charge in [0.15, 0.2) is 0 Å². The minimum absolute atomic E-state index is 0.107. The molecule has 0 bridgehead atoms. The summed E-state index contributed by atoms with van der Waals surface area (Å²) in [7, 11) is -3.85. The normalized spacial score (nSPS) is 12.5. The zero-order valence-corrected chi connectivity index (χ0v) is 19.9. The quantitative estimate of drug-likeness (QED) is 0.481. The van der Waals surface area contributed by atoms with Crippen molar-refractivity contribution in [2.75, 3.05) is 6.54 Å². The summed E-state index contributed by atoms with van der Waals surface area (Å²) in [4.78, 5) is 13.0. The lowest BCUT2D eigenvalue weighted by atomic mass is 10.1. The van der Waals surface area contributed by atoms with Crippen molar-refractivity contribution >= 4 is 31.9 Å². The van der Waals surface area contributed by atoms with E-state index in [1.807, 2.05) is 68.4 Å². The number of rotatable bonds is 8. The van der Waals surface area contributed by atoms with E-state index >= 15 is 0 Å². The Morgan fingerprint density at radius 1 is 1.00 bits per heavy atom. The maximum Gasteiger partial charge on any atom is 0.243 e. The fraction of sp³-hybridized carbons (Fsp3) is 0.208. The number of benzene rings is 3. The van der Waals surface area contributed by atoms with Gasteiger partial charge in [0, 0.05) is 11.0 Å². The molecule has 162 valence electrons. The van der Waals surface area contributed by atoms with Crippen molar-refractivity contribution in [1.82, 2.24) is 9.62 Å². The highest BCUT2D eigenvalue weighted by atomic mass is 79.9. The van der Waals surface area contributed by atoms with Gasteiger partial charge in [-0.1, -0.05) is 76.1 Å². The van der Waals surface area contributed by atoms with Gasteiger partial charge in [0.25, 0.3) is 0 Å². The first kappa shape index (κ1) is 23.2. The number of hydrogen-bond acceptors (Lipinski definition) is 3. The molecule has 3 rings (SSSR count). The van der Waals surface area contributed by atoms with Gasteiger partial charge in [0.1, 0.15) is 0 Å². The van der Waals surface area contributed by atoms with E-state index in [0.717, 1.165) is 21.2 Å². The monoisotopic (exact) mass is 500 g/mol. The van der Waals surface area contributed by atoms with Gasteiger partial charge in [-0.3, -0.25) is 4.79 Å². The molecule has 5 nitrogen and oxygen atoms in total. The Hall–Kier alpha value is -2.48. The molecule has 1 N–H and O–H groups in total. The number of sulfonamides is 1. The fourth-order valence-corrected chi connectivity index (χ4v) is 4.98. The molecule has 0 aliphatic rings. The van der Waals surface area contributed by atoms with E-state index in [9.17, 15) is 13.2 Å². The van der Waals surface area contributed by atoms with E-state index in [2.05, 4.69) is 21.2 Å². The highest BCUT2D eigenvalue weighted by Gasteiger charge is 2.27. The molecule has 31 heavy (non-hydrogen) atoms. The molecular formula is C24H25BrN2O3S. The summed E-state index contributed by atoms with van der Waals surface area (Å²) < 4.78 is 28.8. The highest BCUT2D eigenvalue weighted by Crippen LogP contribution is 2.20. The molecule has 0 heterocycles. The second-order valence-corrected chi connectivity index (χ2v) is 10.3. The third-order valence-corrected chi connectivity index (χ3v) is 7.21. The van der Waals surface area contributed by atoms with Gasteiger partial charge < -0.3 is 5.32 Å². The van der Waals surface area contributed by atoms with Crippen LogP contribution in [0.5, 0.6) is 0 Å². The van der Waals surface area contributed by atoms with Crippen LogP contribution in [0.2, 0.25) is 0 Å². The maximum atomic E-state index is 13.3. The molecule has 0 fully saturated rings. The Morgan fingerprint density at radius 3 is 2.32 bits per heavy atom. The summed E-state index contributed by atoms with van der Waals surface area (Å²) in [5, 5.41) is 2.91. The molecule has 0 aliphatic carbocycles. The predicted molar refractivity (Wildman–Crippen MR) is 126 cm³/mol. The van der Waals surface area contributed by atoms with Crippen molar-refractivity contribution in [3.8, 4) is 0 Å². The molecule has 7 heteroatoms. The molecule has 0 aliphatic heterocycles. The average molecular weight is 501 g/mol. The molecule has 0 unspecified atom stereocenters. The maximum absolute atomic E-state index is 13.3. The van der Waals surface area contributed by atoms with Gasteiger partial charge in [-0.2, -0.15) is 4.31 Å². The first-order valence-corrected chi connectivity index (χ1v) is 12.1. The van der Waals surface area contributed by atoms with E-state index in [1.54, 1.807) is 24.3 Å². The van der Waals surface area contributed by atoms with Gasteiger partial charge in [-0.25, -0.2) is 8.42 Å². The summed E-state index contributed by atoms with van der Waals surface area (Å²) in [6.45, 7) is 3.60. The van der Waals surface area contributed by atoms with Crippen molar-refractivity contribution in [2.45, 2.75) is 31.3 Å². The molecule has 0 aromatic heterocycles. The van der Waals surface area contributed by atoms with Gasteiger partial charge in [-0.05, 0) is 49.2 Å². The van der Waals surface area contributed by atoms with Crippen molar-refractivity contribution in [3.05, 3.63) is 100 Å². The Balaban J connectivity index is 1.82. The Bertz CT molecular complexity index is 1130. The molecule has 3 aromatic carbocycles. The molecular weight excluding hydrogens is 476 g/mol. The van der Waals surface area contributed by atoms with Crippen LogP contribution in [0, 0.1) is 6.92 Å². The van der Waals surface area contributed by atoms with Gasteiger partial charge >= 0.3 is 0 Å². The number of aryl methyl sites for hydroxylation is 1. The largest absolute Gasteiger partial charge is 0.348 e. The van der Waals surface area contributed by atoms with E-state index in [1.165, 1.54) is 4.31 Å². The van der Waals surface area contributed by atoms with Crippen molar-refractivity contribution in [2.24, 2.45) is 0 Å².